The number of imidazole rings is 1. The van der Waals surface area contributed by atoms with E-state index in [1.165, 1.54) is 0 Å². The molecule has 1 aliphatic rings. The largest absolute Gasteiger partial charge is 0.348 e. The summed E-state index contributed by atoms with van der Waals surface area (Å²) in [5, 5.41) is 0. The van der Waals surface area contributed by atoms with Crippen LogP contribution in [0.15, 0.2) is 37.2 Å². The quantitative estimate of drug-likeness (QED) is 0.799. The molecule has 23 heavy (non-hydrogen) atoms. The van der Waals surface area contributed by atoms with Crippen molar-refractivity contribution in [1.82, 2.24) is 29.9 Å². The van der Waals surface area contributed by atoms with E-state index in [0.717, 1.165) is 48.1 Å². The van der Waals surface area contributed by atoms with Crippen molar-refractivity contribution in [3.8, 4) is 11.5 Å². The number of aromatic amines is 1. The lowest BCUT2D eigenvalue weighted by molar-refractivity contribution is 0.683. The molecule has 0 bridgehead atoms. The minimum Gasteiger partial charge on any atom is -0.348 e. The van der Waals surface area contributed by atoms with Crippen LogP contribution < -0.4 is 4.90 Å². The first-order valence-electron chi connectivity index (χ1n) is 7.68. The molecule has 4 rings (SSSR count). The standard InChI is InChI=1S/C16H17N7/c1-11-9-20-16(22-11)15-14(18-6-7-19-15)12-3-2-8-23(12)13-4-5-17-10-21-13/h4-7,9-10,12H,2-3,8H2,1H3,(H,20,22)/t12-/m1/s1. The van der Waals surface area contributed by atoms with Crippen LogP contribution in [0.4, 0.5) is 5.82 Å². The third kappa shape index (κ3) is 2.54. The molecule has 1 fully saturated rings. The molecular formula is C16H17N7. The Balaban J connectivity index is 1.75. The molecule has 1 aliphatic heterocycles. The first kappa shape index (κ1) is 13.8. The molecule has 0 amide bonds. The molecule has 7 nitrogen and oxygen atoms in total. The summed E-state index contributed by atoms with van der Waals surface area (Å²) in [5.41, 5.74) is 2.76. The highest BCUT2D eigenvalue weighted by molar-refractivity contribution is 5.56. The smallest absolute Gasteiger partial charge is 0.158 e. The first-order chi connectivity index (χ1) is 11.3. The highest BCUT2D eigenvalue weighted by Crippen LogP contribution is 2.36. The summed E-state index contributed by atoms with van der Waals surface area (Å²) in [6, 6.07) is 2.09. The molecule has 3 aromatic rings. The van der Waals surface area contributed by atoms with Crippen molar-refractivity contribution in [1.29, 1.82) is 0 Å². The van der Waals surface area contributed by atoms with E-state index in [9.17, 15) is 0 Å². The van der Waals surface area contributed by atoms with Gasteiger partial charge in [-0.05, 0) is 25.8 Å². The number of H-pyrrole nitrogens is 1. The fourth-order valence-corrected chi connectivity index (χ4v) is 3.09. The average Bonchev–Trinajstić information content (AvgIpc) is 3.24. The average molecular weight is 307 g/mol. The normalized spacial score (nSPS) is 17.6. The second kappa shape index (κ2) is 5.75. The molecule has 0 aliphatic carbocycles. The van der Waals surface area contributed by atoms with Gasteiger partial charge in [0.2, 0.25) is 0 Å². The van der Waals surface area contributed by atoms with Gasteiger partial charge in [0.25, 0.3) is 0 Å². The van der Waals surface area contributed by atoms with Crippen molar-refractivity contribution >= 4 is 5.82 Å². The molecule has 7 heteroatoms. The molecule has 0 spiro atoms. The van der Waals surface area contributed by atoms with E-state index in [1.54, 1.807) is 24.9 Å². The molecule has 4 heterocycles. The maximum absolute atomic E-state index is 4.61. The van der Waals surface area contributed by atoms with E-state index in [2.05, 4.69) is 34.8 Å². The predicted molar refractivity (Wildman–Crippen MR) is 85.7 cm³/mol. The number of nitrogens with one attached hydrogen (secondary N) is 1. The van der Waals surface area contributed by atoms with Crippen molar-refractivity contribution < 1.29 is 0 Å². The van der Waals surface area contributed by atoms with Gasteiger partial charge in [0.05, 0.1) is 11.7 Å². The number of aromatic nitrogens is 6. The van der Waals surface area contributed by atoms with Crippen molar-refractivity contribution in [2.75, 3.05) is 11.4 Å². The zero-order valence-corrected chi connectivity index (χ0v) is 12.8. The van der Waals surface area contributed by atoms with Gasteiger partial charge in [-0.2, -0.15) is 0 Å². The van der Waals surface area contributed by atoms with Gasteiger partial charge in [0.15, 0.2) is 5.82 Å². The zero-order chi connectivity index (χ0) is 15.6. The predicted octanol–water partition coefficient (Wildman–Crippen LogP) is 2.31. The Hall–Kier alpha value is -2.83. The van der Waals surface area contributed by atoms with Crippen LogP contribution in [0.5, 0.6) is 0 Å². The lowest BCUT2D eigenvalue weighted by Gasteiger charge is -2.25. The van der Waals surface area contributed by atoms with Gasteiger partial charge in [-0.1, -0.05) is 0 Å². The summed E-state index contributed by atoms with van der Waals surface area (Å²) in [6.45, 7) is 2.93. The molecule has 0 aromatic carbocycles. The van der Waals surface area contributed by atoms with Crippen molar-refractivity contribution in [3.05, 3.63) is 48.6 Å². The number of anilines is 1. The third-order valence-electron chi connectivity index (χ3n) is 4.08. The Labute approximate surface area is 133 Å². The van der Waals surface area contributed by atoms with Gasteiger partial charge < -0.3 is 9.88 Å². The summed E-state index contributed by atoms with van der Waals surface area (Å²) in [4.78, 5) is 27.5. The summed E-state index contributed by atoms with van der Waals surface area (Å²) in [5.74, 6) is 1.69. The lowest BCUT2D eigenvalue weighted by atomic mass is 10.1. The fourth-order valence-electron chi connectivity index (χ4n) is 3.09. The van der Waals surface area contributed by atoms with Gasteiger partial charge in [-0.15, -0.1) is 0 Å². The summed E-state index contributed by atoms with van der Waals surface area (Å²) in [7, 11) is 0. The van der Waals surface area contributed by atoms with Crippen molar-refractivity contribution in [2.24, 2.45) is 0 Å². The van der Waals surface area contributed by atoms with E-state index >= 15 is 0 Å². The van der Waals surface area contributed by atoms with E-state index in [-0.39, 0.29) is 6.04 Å². The van der Waals surface area contributed by atoms with Gasteiger partial charge in [-0.3, -0.25) is 4.98 Å². The minimum atomic E-state index is 0.152. The van der Waals surface area contributed by atoms with Crippen LogP contribution >= 0.6 is 0 Å². The minimum absolute atomic E-state index is 0.152. The van der Waals surface area contributed by atoms with Crippen LogP contribution in [0.3, 0.4) is 0 Å². The van der Waals surface area contributed by atoms with Crippen LogP contribution in [0.2, 0.25) is 0 Å². The van der Waals surface area contributed by atoms with Gasteiger partial charge >= 0.3 is 0 Å². The number of hydrogen-bond acceptors (Lipinski definition) is 6. The van der Waals surface area contributed by atoms with E-state index in [0.29, 0.717) is 0 Å². The molecule has 0 unspecified atom stereocenters. The maximum Gasteiger partial charge on any atom is 0.158 e. The topological polar surface area (TPSA) is 83.5 Å². The SMILES string of the molecule is Cc1cnc(-c2nccnc2[C@H]2CCCN2c2ccncn2)[nH]1. The second-order valence-electron chi connectivity index (χ2n) is 5.62. The Kier molecular flexibility index (Phi) is 3.45. The van der Waals surface area contributed by atoms with Crippen molar-refractivity contribution in [2.45, 2.75) is 25.8 Å². The molecule has 0 saturated carbocycles. The zero-order valence-electron chi connectivity index (χ0n) is 12.8. The van der Waals surface area contributed by atoms with E-state index in [1.807, 2.05) is 19.2 Å². The molecular weight excluding hydrogens is 290 g/mol. The molecule has 1 atom stereocenters. The summed E-state index contributed by atoms with van der Waals surface area (Å²) >= 11 is 0. The van der Waals surface area contributed by atoms with Gasteiger partial charge in [0, 0.05) is 37.0 Å². The van der Waals surface area contributed by atoms with Crippen molar-refractivity contribution in [3.63, 3.8) is 0 Å². The summed E-state index contributed by atoms with van der Waals surface area (Å²) in [6.07, 6.45) is 10.7. The monoisotopic (exact) mass is 307 g/mol. The maximum atomic E-state index is 4.61. The summed E-state index contributed by atoms with van der Waals surface area (Å²) < 4.78 is 0. The van der Waals surface area contributed by atoms with Crippen LogP contribution in [0.25, 0.3) is 11.5 Å². The first-order valence-corrected chi connectivity index (χ1v) is 7.68. The Morgan fingerprint density at radius 2 is 2.04 bits per heavy atom. The molecule has 116 valence electrons. The van der Waals surface area contributed by atoms with Crippen LogP contribution in [0.1, 0.15) is 30.3 Å². The Morgan fingerprint density at radius 3 is 2.83 bits per heavy atom. The Bertz CT molecular complexity index is 799. The number of aryl methyl sites for hydroxylation is 1. The fraction of sp³-hybridized carbons (Fsp3) is 0.312. The Morgan fingerprint density at radius 1 is 1.13 bits per heavy atom. The second-order valence-corrected chi connectivity index (χ2v) is 5.62. The highest BCUT2D eigenvalue weighted by Gasteiger charge is 2.31. The lowest BCUT2D eigenvalue weighted by Crippen LogP contribution is -2.25. The highest BCUT2D eigenvalue weighted by atomic mass is 15.2. The molecule has 0 radical (unpaired) electrons. The molecule has 1 saturated heterocycles. The number of hydrogen-bond donors (Lipinski definition) is 1. The van der Waals surface area contributed by atoms with E-state index in [4.69, 9.17) is 0 Å². The van der Waals surface area contributed by atoms with Crippen LogP contribution in [-0.4, -0.2) is 36.4 Å². The van der Waals surface area contributed by atoms with Gasteiger partial charge in [-0.25, -0.2) is 19.9 Å². The molecule has 1 N–H and O–H groups in total. The molecule has 3 aromatic heterocycles. The van der Waals surface area contributed by atoms with E-state index < -0.39 is 0 Å². The number of nitrogens with zero attached hydrogens (tertiary/aromatic N) is 6. The van der Waals surface area contributed by atoms with Crippen LogP contribution in [0, 0.1) is 6.92 Å². The van der Waals surface area contributed by atoms with Gasteiger partial charge in [0.1, 0.15) is 17.8 Å². The number of rotatable bonds is 3. The van der Waals surface area contributed by atoms with Crippen LogP contribution in [-0.2, 0) is 0 Å². The third-order valence-corrected chi connectivity index (χ3v) is 4.08.